The van der Waals surface area contributed by atoms with Crippen LogP contribution < -0.4 is 4.74 Å². The Bertz CT molecular complexity index is 774. The van der Waals surface area contributed by atoms with Crippen LogP contribution in [-0.4, -0.2) is 36.0 Å². The molecular formula is C20H23FN2O2. The number of carbonyl (C=O) groups excluding carboxylic acids is 1. The van der Waals surface area contributed by atoms with E-state index in [0.29, 0.717) is 43.2 Å². The molecule has 0 spiro atoms. The maximum Gasteiger partial charge on any atom is 0.255 e. The van der Waals surface area contributed by atoms with Crippen LogP contribution in [-0.2, 0) is 5.67 Å². The second kappa shape index (κ2) is 6.21. The number of amides is 1. The molecule has 1 N–H and O–H groups in total. The van der Waals surface area contributed by atoms with Crippen molar-refractivity contribution < 1.29 is 13.9 Å². The standard InChI is InChI=1S/C20H23FN2O2/c1-25-16-4-2-3-15(13-16)20(21)8-11-23(12-9-20)19(24)17-7-10-22-18(17)14-5-6-14/h2-4,7,10,13-14,22H,5-6,8-9,11-12H2,1H3. The van der Waals surface area contributed by atoms with Crippen LogP contribution in [0.25, 0.3) is 0 Å². The van der Waals surface area contributed by atoms with Gasteiger partial charge in [-0.1, -0.05) is 12.1 Å². The molecule has 1 saturated heterocycles. The molecule has 0 unspecified atom stereocenters. The van der Waals surface area contributed by atoms with Crippen molar-refractivity contribution >= 4 is 5.91 Å². The van der Waals surface area contributed by atoms with Gasteiger partial charge in [-0.2, -0.15) is 0 Å². The minimum Gasteiger partial charge on any atom is -0.497 e. The summed E-state index contributed by atoms with van der Waals surface area (Å²) in [5, 5.41) is 0. The van der Waals surface area contributed by atoms with E-state index in [-0.39, 0.29) is 5.91 Å². The number of likely N-dealkylation sites (tertiary alicyclic amines) is 1. The van der Waals surface area contributed by atoms with E-state index >= 15 is 4.39 Å². The summed E-state index contributed by atoms with van der Waals surface area (Å²) in [6.45, 7) is 0.865. The third-order valence-corrected chi connectivity index (χ3v) is 5.43. The fourth-order valence-corrected chi connectivity index (χ4v) is 3.70. The van der Waals surface area contributed by atoms with Crippen molar-refractivity contribution in [3.05, 3.63) is 53.3 Å². The number of benzene rings is 1. The normalized spacial score (nSPS) is 19.7. The first-order valence-corrected chi connectivity index (χ1v) is 8.91. The number of nitrogens with zero attached hydrogens (tertiary/aromatic N) is 1. The van der Waals surface area contributed by atoms with Crippen molar-refractivity contribution in [3.63, 3.8) is 0 Å². The van der Waals surface area contributed by atoms with E-state index in [1.54, 1.807) is 24.1 Å². The lowest BCUT2D eigenvalue weighted by atomic mass is 9.86. The summed E-state index contributed by atoms with van der Waals surface area (Å²) in [5.74, 6) is 1.18. The molecule has 1 saturated carbocycles. The predicted molar refractivity (Wildman–Crippen MR) is 93.7 cm³/mol. The van der Waals surface area contributed by atoms with E-state index in [1.165, 1.54) is 0 Å². The summed E-state index contributed by atoms with van der Waals surface area (Å²) < 4.78 is 20.6. The number of ether oxygens (including phenoxy) is 1. The molecule has 2 aliphatic rings. The Morgan fingerprint density at radius 3 is 2.72 bits per heavy atom. The molecule has 132 valence electrons. The van der Waals surface area contributed by atoms with Crippen molar-refractivity contribution in [2.75, 3.05) is 20.2 Å². The molecule has 2 heterocycles. The maximum absolute atomic E-state index is 15.4. The zero-order chi connectivity index (χ0) is 17.4. The van der Waals surface area contributed by atoms with Gasteiger partial charge in [0.15, 0.2) is 0 Å². The molecule has 5 heteroatoms. The molecule has 1 aromatic heterocycles. The fourth-order valence-electron chi connectivity index (χ4n) is 3.70. The van der Waals surface area contributed by atoms with Gasteiger partial charge in [-0.15, -0.1) is 0 Å². The van der Waals surface area contributed by atoms with Crippen LogP contribution in [0.15, 0.2) is 36.5 Å². The highest BCUT2D eigenvalue weighted by molar-refractivity contribution is 5.95. The largest absolute Gasteiger partial charge is 0.497 e. The lowest BCUT2D eigenvalue weighted by Gasteiger charge is -2.37. The second-order valence-electron chi connectivity index (χ2n) is 7.07. The third kappa shape index (κ3) is 3.03. The number of alkyl halides is 1. The van der Waals surface area contributed by atoms with Crippen LogP contribution in [0.3, 0.4) is 0 Å². The smallest absolute Gasteiger partial charge is 0.255 e. The Labute approximate surface area is 147 Å². The van der Waals surface area contributed by atoms with E-state index in [2.05, 4.69) is 4.98 Å². The number of H-pyrrole nitrogens is 1. The lowest BCUT2D eigenvalue weighted by molar-refractivity contribution is 0.0420. The van der Waals surface area contributed by atoms with Crippen LogP contribution in [0.4, 0.5) is 4.39 Å². The van der Waals surface area contributed by atoms with E-state index in [4.69, 9.17) is 4.74 Å². The number of methoxy groups -OCH3 is 1. The molecule has 2 fully saturated rings. The molecule has 0 bridgehead atoms. The molecule has 4 rings (SSSR count). The molecule has 25 heavy (non-hydrogen) atoms. The molecule has 1 aromatic carbocycles. The summed E-state index contributed by atoms with van der Waals surface area (Å²) in [7, 11) is 1.58. The third-order valence-electron chi connectivity index (χ3n) is 5.43. The number of carbonyl (C=O) groups is 1. The Hall–Kier alpha value is -2.30. The van der Waals surface area contributed by atoms with Crippen LogP contribution >= 0.6 is 0 Å². The topological polar surface area (TPSA) is 45.3 Å². The van der Waals surface area contributed by atoms with Crippen molar-refractivity contribution in [1.82, 2.24) is 9.88 Å². The highest BCUT2D eigenvalue weighted by Crippen LogP contribution is 2.42. The Morgan fingerprint density at radius 2 is 2.04 bits per heavy atom. The van der Waals surface area contributed by atoms with Gasteiger partial charge >= 0.3 is 0 Å². The number of aromatic amines is 1. The van der Waals surface area contributed by atoms with Crippen LogP contribution in [0, 0.1) is 0 Å². The Balaban J connectivity index is 1.47. The Kier molecular flexibility index (Phi) is 4.02. The minimum atomic E-state index is -1.40. The number of piperidine rings is 1. The Morgan fingerprint density at radius 1 is 1.28 bits per heavy atom. The summed E-state index contributed by atoms with van der Waals surface area (Å²) in [5.41, 5.74) is 1.05. The summed E-state index contributed by atoms with van der Waals surface area (Å²) in [6.07, 6.45) is 4.75. The first-order valence-electron chi connectivity index (χ1n) is 8.91. The van der Waals surface area contributed by atoms with Crippen molar-refractivity contribution in [2.45, 2.75) is 37.3 Å². The number of hydrogen-bond acceptors (Lipinski definition) is 2. The van der Waals surface area contributed by atoms with E-state index in [0.717, 1.165) is 24.1 Å². The summed E-state index contributed by atoms with van der Waals surface area (Å²) in [4.78, 5) is 17.8. The average molecular weight is 342 g/mol. The number of rotatable bonds is 4. The molecule has 1 aliphatic heterocycles. The zero-order valence-electron chi connectivity index (χ0n) is 14.4. The van der Waals surface area contributed by atoms with Gasteiger partial charge in [0.25, 0.3) is 5.91 Å². The van der Waals surface area contributed by atoms with Crippen LogP contribution in [0.5, 0.6) is 5.75 Å². The first kappa shape index (κ1) is 16.2. The highest BCUT2D eigenvalue weighted by atomic mass is 19.1. The maximum atomic E-state index is 15.4. The minimum absolute atomic E-state index is 0.0239. The van der Waals surface area contributed by atoms with Gasteiger partial charge in [0, 0.05) is 37.8 Å². The average Bonchev–Trinajstić information content (AvgIpc) is 3.38. The van der Waals surface area contributed by atoms with E-state index in [1.807, 2.05) is 24.4 Å². The van der Waals surface area contributed by atoms with Crippen LogP contribution in [0.1, 0.15) is 53.2 Å². The van der Waals surface area contributed by atoms with Gasteiger partial charge < -0.3 is 14.6 Å². The highest BCUT2D eigenvalue weighted by Gasteiger charge is 2.39. The molecule has 2 aromatic rings. The van der Waals surface area contributed by atoms with Crippen molar-refractivity contribution in [1.29, 1.82) is 0 Å². The monoisotopic (exact) mass is 342 g/mol. The molecular weight excluding hydrogens is 319 g/mol. The SMILES string of the molecule is COc1cccc(C2(F)CCN(C(=O)c3cc[nH]c3C3CC3)CC2)c1. The number of hydrogen-bond donors (Lipinski definition) is 1. The number of halogens is 1. The number of aromatic nitrogens is 1. The molecule has 0 radical (unpaired) electrons. The lowest BCUT2D eigenvalue weighted by Crippen LogP contribution is -2.43. The van der Waals surface area contributed by atoms with Gasteiger partial charge in [0.05, 0.1) is 12.7 Å². The van der Waals surface area contributed by atoms with E-state index in [9.17, 15) is 4.79 Å². The molecule has 1 aliphatic carbocycles. The summed E-state index contributed by atoms with van der Waals surface area (Å²) >= 11 is 0. The molecule has 1 amide bonds. The van der Waals surface area contributed by atoms with E-state index < -0.39 is 5.67 Å². The van der Waals surface area contributed by atoms with Gasteiger partial charge in [0.2, 0.25) is 0 Å². The van der Waals surface area contributed by atoms with Gasteiger partial charge in [-0.3, -0.25) is 4.79 Å². The first-order chi connectivity index (χ1) is 12.1. The molecule has 4 nitrogen and oxygen atoms in total. The second-order valence-corrected chi connectivity index (χ2v) is 7.07. The zero-order valence-corrected chi connectivity index (χ0v) is 14.4. The fraction of sp³-hybridized carbons (Fsp3) is 0.450. The van der Waals surface area contributed by atoms with Crippen LogP contribution in [0.2, 0.25) is 0 Å². The predicted octanol–water partition coefficient (Wildman–Crippen LogP) is 4.00. The van der Waals surface area contributed by atoms with Crippen molar-refractivity contribution in [2.24, 2.45) is 0 Å². The molecule has 0 atom stereocenters. The summed E-state index contributed by atoms with van der Waals surface area (Å²) in [6, 6.07) is 9.05. The number of nitrogens with one attached hydrogen (secondary N) is 1. The van der Waals surface area contributed by atoms with Gasteiger partial charge in [0.1, 0.15) is 11.4 Å². The quantitative estimate of drug-likeness (QED) is 0.913. The van der Waals surface area contributed by atoms with Crippen molar-refractivity contribution in [3.8, 4) is 5.75 Å². The van der Waals surface area contributed by atoms with Gasteiger partial charge in [-0.05, 0) is 42.5 Å². The van der Waals surface area contributed by atoms with Gasteiger partial charge in [-0.25, -0.2) is 4.39 Å².